The van der Waals surface area contributed by atoms with Crippen LogP contribution in [0.3, 0.4) is 0 Å². The molecule has 3 nitrogen and oxygen atoms in total. The Morgan fingerprint density at radius 1 is 1.71 bits per heavy atom. The molecule has 0 aromatic carbocycles. The van der Waals surface area contributed by atoms with Crippen LogP contribution in [0.15, 0.2) is 0 Å². The van der Waals surface area contributed by atoms with E-state index in [1.54, 1.807) is 0 Å². The highest BCUT2D eigenvalue weighted by Gasteiger charge is 2.44. The van der Waals surface area contributed by atoms with Crippen LogP contribution in [0.25, 0.3) is 0 Å². The predicted molar refractivity (Wildman–Crippen MR) is 54.8 cm³/mol. The summed E-state index contributed by atoms with van der Waals surface area (Å²) >= 11 is 0. The van der Waals surface area contributed by atoms with Crippen molar-refractivity contribution in [1.29, 1.82) is 0 Å². The van der Waals surface area contributed by atoms with E-state index in [1.807, 2.05) is 4.90 Å². The van der Waals surface area contributed by atoms with Crippen LogP contribution in [0.1, 0.15) is 26.7 Å². The minimum absolute atomic E-state index is 0.0426. The van der Waals surface area contributed by atoms with Crippen LogP contribution in [0.4, 0.5) is 0 Å². The molecule has 1 atom stereocenters. The third-order valence-corrected chi connectivity index (χ3v) is 3.23. The maximum absolute atomic E-state index is 10.6. The maximum Gasteiger partial charge on any atom is 0.317 e. The zero-order valence-electron chi connectivity index (χ0n) is 8.79. The van der Waals surface area contributed by atoms with Crippen LogP contribution >= 0.6 is 0 Å². The van der Waals surface area contributed by atoms with E-state index >= 15 is 0 Å². The highest BCUT2D eigenvalue weighted by Crippen LogP contribution is 2.49. The van der Waals surface area contributed by atoms with E-state index in [0.29, 0.717) is 6.54 Å². The molecule has 0 amide bonds. The summed E-state index contributed by atoms with van der Waals surface area (Å²) in [6, 6.07) is 0.259. The van der Waals surface area contributed by atoms with E-state index in [0.717, 1.165) is 0 Å². The molecule has 0 aromatic rings. The van der Waals surface area contributed by atoms with Crippen LogP contribution in [-0.2, 0) is 4.79 Å². The quantitative estimate of drug-likeness (QED) is 0.670. The Morgan fingerprint density at radius 3 is 2.64 bits per heavy atom. The Kier molecular flexibility index (Phi) is 3.17. The van der Waals surface area contributed by atoms with E-state index < -0.39 is 5.97 Å². The first-order valence-corrected chi connectivity index (χ1v) is 4.89. The van der Waals surface area contributed by atoms with E-state index in [2.05, 4.69) is 19.8 Å². The van der Waals surface area contributed by atoms with Crippen molar-refractivity contribution in [3.05, 3.63) is 0 Å². The normalized spacial score (nSPS) is 20.1. The molecule has 1 unspecified atom stereocenters. The first-order chi connectivity index (χ1) is 6.49. The van der Waals surface area contributed by atoms with Gasteiger partial charge in [-0.05, 0) is 25.2 Å². The number of rotatable bonds is 5. The lowest BCUT2D eigenvalue weighted by Gasteiger charge is -2.30. The van der Waals surface area contributed by atoms with Crippen molar-refractivity contribution in [3.63, 3.8) is 0 Å². The smallest absolute Gasteiger partial charge is 0.317 e. The number of nitrogens with zero attached hydrogens (tertiary/aromatic N) is 1. The molecule has 1 rings (SSSR count). The van der Waals surface area contributed by atoms with Crippen LogP contribution in [0, 0.1) is 17.8 Å². The van der Waals surface area contributed by atoms with Crippen molar-refractivity contribution in [2.75, 3.05) is 13.1 Å². The second kappa shape index (κ2) is 4.02. The van der Waals surface area contributed by atoms with E-state index in [-0.39, 0.29) is 18.0 Å². The van der Waals surface area contributed by atoms with Gasteiger partial charge >= 0.3 is 5.97 Å². The fourth-order valence-corrected chi connectivity index (χ4v) is 1.68. The molecule has 0 heterocycles. The van der Waals surface area contributed by atoms with Crippen LogP contribution < -0.4 is 0 Å². The summed E-state index contributed by atoms with van der Waals surface area (Å²) in [4.78, 5) is 12.5. The summed E-state index contributed by atoms with van der Waals surface area (Å²) in [6.45, 7) is 4.71. The van der Waals surface area contributed by atoms with Gasteiger partial charge in [-0.25, -0.2) is 0 Å². The summed E-state index contributed by atoms with van der Waals surface area (Å²) in [5.74, 6) is 1.71. The summed E-state index contributed by atoms with van der Waals surface area (Å²) in [5, 5.41) is 8.74. The molecule has 0 saturated heterocycles. The zero-order valence-corrected chi connectivity index (χ0v) is 8.79. The first-order valence-electron chi connectivity index (χ1n) is 4.89. The van der Waals surface area contributed by atoms with Gasteiger partial charge in [0.2, 0.25) is 0 Å². The number of terminal acetylenes is 1. The van der Waals surface area contributed by atoms with Gasteiger partial charge in [0.15, 0.2) is 0 Å². The summed E-state index contributed by atoms with van der Waals surface area (Å²) in [5.41, 5.74) is 0.284. The lowest BCUT2D eigenvalue weighted by atomic mass is 9.99. The molecule has 1 saturated carbocycles. The molecule has 0 radical (unpaired) electrons. The van der Waals surface area contributed by atoms with E-state index in [1.165, 1.54) is 12.8 Å². The summed E-state index contributed by atoms with van der Waals surface area (Å²) < 4.78 is 0. The van der Waals surface area contributed by atoms with Crippen LogP contribution in [0.5, 0.6) is 0 Å². The van der Waals surface area contributed by atoms with Crippen LogP contribution in [0.2, 0.25) is 0 Å². The Morgan fingerprint density at radius 2 is 2.29 bits per heavy atom. The molecule has 0 spiro atoms. The lowest BCUT2D eigenvalue weighted by Crippen LogP contribution is -2.42. The molecule has 0 aromatic heterocycles. The number of aliphatic carboxylic acids is 1. The number of carboxylic acids is 1. The molecule has 0 bridgehead atoms. The minimum Gasteiger partial charge on any atom is -0.480 e. The third kappa shape index (κ3) is 2.49. The van der Waals surface area contributed by atoms with Gasteiger partial charge in [0.05, 0.1) is 13.1 Å². The SMILES string of the molecule is C#CCN(CC(=O)O)C(C)C1(C)CC1. The maximum atomic E-state index is 10.6. The fraction of sp³-hybridized carbons (Fsp3) is 0.727. The Bertz CT molecular complexity index is 263. The molecule has 14 heavy (non-hydrogen) atoms. The average molecular weight is 195 g/mol. The van der Waals surface area contributed by atoms with Crippen LogP contribution in [-0.4, -0.2) is 35.1 Å². The monoisotopic (exact) mass is 195 g/mol. The second-order valence-corrected chi connectivity index (χ2v) is 4.33. The largest absolute Gasteiger partial charge is 0.480 e. The molecule has 0 aliphatic heterocycles. The highest BCUT2D eigenvalue weighted by molar-refractivity contribution is 5.69. The van der Waals surface area contributed by atoms with Crippen molar-refractivity contribution in [3.8, 4) is 12.3 Å². The van der Waals surface area contributed by atoms with Gasteiger partial charge in [0, 0.05) is 6.04 Å². The van der Waals surface area contributed by atoms with Gasteiger partial charge in [0.25, 0.3) is 0 Å². The third-order valence-electron chi connectivity index (χ3n) is 3.23. The zero-order chi connectivity index (χ0) is 10.8. The molecule has 1 aliphatic carbocycles. The predicted octanol–water partition coefficient (Wildman–Crippen LogP) is 1.19. The van der Waals surface area contributed by atoms with Crippen molar-refractivity contribution in [2.24, 2.45) is 5.41 Å². The highest BCUT2D eigenvalue weighted by atomic mass is 16.4. The standard InChI is InChI=1S/C11H17NO2/c1-4-7-12(8-10(13)14)9(2)11(3)5-6-11/h1,9H,5-8H2,2-3H3,(H,13,14). The number of hydrogen-bond donors (Lipinski definition) is 1. The number of hydrogen-bond acceptors (Lipinski definition) is 2. The Balaban J connectivity index is 2.57. The molecule has 1 N–H and O–H groups in total. The molecule has 3 heteroatoms. The molecule has 1 fully saturated rings. The second-order valence-electron chi connectivity index (χ2n) is 4.33. The molecular weight excluding hydrogens is 178 g/mol. The van der Waals surface area contributed by atoms with Gasteiger partial charge in [-0.1, -0.05) is 12.8 Å². The summed E-state index contributed by atoms with van der Waals surface area (Å²) in [6.07, 6.45) is 7.57. The van der Waals surface area contributed by atoms with E-state index in [9.17, 15) is 4.79 Å². The molecule has 1 aliphatic rings. The fourth-order valence-electron chi connectivity index (χ4n) is 1.68. The summed E-state index contributed by atoms with van der Waals surface area (Å²) in [7, 11) is 0. The van der Waals surface area contributed by atoms with Crippen molar-refractivity contribution >= 4 is 5.97 Å². The topological polar surface area (TPSA) is 40.5 Å². The van der Waals surface area contributed by atoms with Gasteiger partial charge in [-0.2, -0.15) is 0 Å². The first kappa shape index (κ1) is 11.1. The van der Waals surface area contributed by atoms with Gasteiger partial charge in [-0.15, -0.1) is 6.42 Å². The Hall–Kier alpha value is -1.01. The van der Waals surface area contributed by atoms with Gasteiger partial charge in [0.1, 0.15) is 0 Å². The van der Waals surface area contributed by atoms with Gasteiger partial charge in [-0.3, -0.25) is 9.69 Å². The van der Waals surface area contributed by atoms with E-state index in [4.69, 9.17) is 11.5 Å². The van der Waals surface area contributed by atoms with Crippen molar-refractivity contribution < 1.29 is 9.90 Å². The molecule has 78 valence electrons. The number of carbonyl (C=O) groups is 1. The minimum atomic E-state index is -0.809. The molecular formula is C11H17NO2. The number of carboxylic acid groups (broad SMARTS) is 1. The Labute approximate surface area is 85.1 Å². The average Bonchev–Trinajstić information content (AvgIpc) is 2.82. The van der Waals surface area contributed by atoms with Crippen molar-refractivity contribution in [2.45, 2.75) is 32.7 Å². The lowest BCUT2D eigenvalue weighted by molar-refractivity contribution is -0.139. The van der Waals surface area contributed by atoms with Gasteiger partial charge < -0.3 is 5.11 Å². The van der Waals surface area contributed by atoms with Crippen molar-refractivity contribution in [1.82, 2.24) is 4.90 Å².